The maximum Gasteiger partial charge on any atom is 0.416 e. The van der Waals surface area contributed by atoms with E-state index in [0.29, 0.717) is 5.69 Å². The van der Waals surface area contributed by atoms with Crippen molar-refractivity contribution in [2.45, 2.75) is 13.1 Å². The molecule has 0 atom stereocenters. The molecule has 122 valence electrons. The van der Waals surface area contributed by atoms with Gasteiger partial charge in [0.05, 0.1) is 16.9 Å². The summed E-state index contributed by atoms with van der Waals surface area (Å²) >= 11 is 5.17. The van der Waals surface area contributed by atoms with Crippen LogP contribution < -0.4 is 5.69 Å². The third kappa shape index (κ3) is 2.39. The molecule has 0 saturated carbocycles. The Hall–Kier alpha value is -2.93. The maximum atomic E-state index is 12.9. The Morgan fingerprint density at radius 1 is 1.38 bits per heavy atom. The molecular weight excluding hydrogens is 343 g/mol. The molecular formula is C14H8F3N5OS. The van der Waals surface area contributed by atoms with Gasteiger partial charge in [0, 0.05) is 0 Å². The second-order valence-corrected chi connectivity index (χ2v) is 5.29. The fourth-order valence-corrected chi connectivity index (χ4v) is 2.62. The van der Waals surface area contributed by atoms with E-state index in [4.69, 9.17) is 17.5 Å². The summed E-state index contributed by atoms with van der Waals surface area (Å²) in [6.45, 7) is 1.56. The number of benzene rings is 1. The zero-order valence-corrected chi connectivity index (χ0v) is 12.9. The molecule has 24 heavy (non-hydrogen) atoms. The molecule has 0 amide bonds. The number of hydrogen-bond acceptors (Lipinski definition) is 4. The van der Waals surface area contributed by atoms with E-state index in [9.17, 15) is 18.0 Å². The predicted molar refractivity (Wildman–Crippen MR) is 80.4 cm³/mol. The number of hydrogen-bond donors (Lipinski definition) is 1. The zero-order valence-electron chi connectivity index (χ0n) is 12.0. The highest BCUT2D eigenvalue weighted by molar-refractivity contribution is 7.71. The molecule has 3 rings (SSSR count). The van der Waals surface area contributed by atoms with Crippen LogP contribution in [-0.2, 0) is 6.18 Å². The molecule has 6 nitrogen and oxygen atoms in total. The molecule has 1 aromatic carbocycles. The van der Waals surface area contributed by atoms with Gasteiger partial charge in [-0.25, -0.2) is 9.36 Å². The number of rotatable bonds is 1. The van der Waals surface area contributed by atoms with Crippen LogP contribution in [0.15, 0.2) is 29.1 Å². The van der Waals surface area contributed by atoms with Crippen molar-refractivity contribution in [3.8, 4) is 11.8 Å². The molecule has 0 saturated heterocycles. The standard InChI is InChI=1S/C14H8F3N5OS/c1-7-10(6-18)11-19-12(23)21(13(24)22(11)20-7)9-4-2-3-8(5-9)14(15,16)17/h2-5H,1H3,(H,19,23). The van der Waals surface area contributed by atoms with Gasteiger partial charge in [-0.3, -0.25) is 4.98 Å². The van der Waals surface area contributed by atoms with E-state index in [1.54, 1.807) is 6.92 Å². The summed E-state index contributed by atoms with van der Waals surface area (Å²) in [6, 6.07) is 6.12. The summed E-state index contributed by atoms with van der Waals surface area (Å²) in [5.74, 6) is 0. The predicted octanol–water partition coefficient (Wildman–Crippen LogP) is 2.74. The molecule has 1 N–H and O–H groups in total. The summed E-state index contributed by atoms with van der Waals surface area (Å²) in [7, 11) is 0. The molecule has 0 radical (unpaired) electrons. The van der Waals surface area contributed by atoms with E-state index in [1.165, 1.54) is 12.1 Å². The Morgan fingerprint density at radius 2 is 2.08 bits per heavy atom. The Kier molecular flexibility index (Phi) is 3.53. The minimum Gasteiger partial charge on any atom is -0.290 e. The van der Waals surface area contributed by atoms with Gasteiger partial charge in [-0.05, 0) is 37.3 Å². The van der Waals surface area contributed by atoms with Crippen molar-refractivity contribution in [3.05, 3.63) is 56.3 Å². The van der Waals surface area contributed by atoms with Crippen LogP contribution in [0.4, 0.5) is 13.2 Å². The van der Waals surface area contributed by atoms with Crippen molar-refractivity contribution in [2.75, 3.05) is 0 Å². The van der Waals surface area contributed by atoms with Gasteiger partial charge in [-0.15, -0.1) is 0 Å². The van der Waals surface area contributed by atoms with E-state index in [-0.39, 0.29) is 21.7 Å². The Labute approximate surface area is 137 Å². The highest BCUT2D eigenvalue weighted by Gasteiger charge is 2.30. The minimum absolute atomic E-state index is 0.0513. The summed E-state index contributed by atoms with van der Waals surface area (Å²) in [6.07, 6.45) is -4.55. The average molecular weight is 351 g/mol. The smallest absolute Gasteiger partial charge is 0.290 e. The van der Waals surface area contributed by atoms with Crippen LogP contribution in [0.2, 0.25) is 0 Å². The van der Waals surface area contributed by atoms with E-state index >= 15 is 0 Å². The molecule has 0 aliphatic rings. The number of aryl methyl sites for hydroxylation is 1. The number of nitriles is 1. The first kappa shape index (κ1) is 15.9. The molecule has 0 bridgehead atoms. The van der Waals surface area contributed by atoms with Crippen LogP contribution >= 0.6 is 12.2 Å². The number of nitrogens with one attached hydrogen (secondary N) is 1. The first-order valence-electron chi connectivity index (χ1n) is 6.56. The minimum atomic E-state index is -4.55. The quantitative estimate of drug-likeness (QED) is 0.684. The Morgan fingerprint density at radius 3 is 2.71 bits per heavy atom. The monoisotopic (exact) mass is 351 g/mol. The number of fused-ring (bicyclic) bond motifs is 1. The van der Waals surface area contributed by atoms with E-state index in [1.807, 2.05) is 6.07 Å². The highest BCUT2D eigenvalue weighted by atomic mass is 32.1. The van der Waals surface area contributed by atoms with E-state index in [2.05, 4.69) is 10.1 Å². The SMILES string of the molecule is Cc1nn2c(=S)n(-c3cccc(C(F)(F)F)c3)c(=O)[nH]c2c1C#N. The molecule has 0 spiro atoms. The lowest BCUT2D eigenvalue weighted by atomic mass is 10.2. The lowest BCUT2D eigenvalue weighted by Gasteiger charge is -2.10. The number of halogens is 3. The van der Waals surface area contributed by atoms with Gasteiger partial charge < -0.3 is 0 Å². The van der Waals surface area contributed by atoms with Gasteiger partial charge >= 0.3 is 11.9 Å². The summed E-state index contributed by atoms with van der Waals surface area (Å²) in [5, 5.41) is 13.2. The molecule has 3 aromatic rings. The van der Waals surface area contributed by atoms with Gasteiger partial charge in [0.2, 0.25) is 4.77 Å². The first-order valence-corrected chi connectivity index (χ1v) is 6.97. The van der Waals surface area contributed by atoms with Crippen molar-refractivity contribution < 1.29 is 13.2 Å². The summed E-state index contributed by atoms with van der Waals surface area (Å²) < 4.78 is 40.5. The second kappa shape index (κ2) is 5.31. The number of nitrogens with zero attached hydrogens (tertiary/aromatic N) is 4. The number of H-pyrrole nitrogens is 1. The zero-order chi connectivity index (χ0) is 17.6. The summed E-state index contributed by atoms with van der Waals surface area (Å²) in [5.41, 5.74) is -1.12. The van der Waals surface area contributed by atoms with Gasteiger partial charge in [-0.2, -0.15) is 28.0 Å². The maximum absolute atomic E-state index is 12.9. The van der Waals surface area contributed by atoms with Crippen LogP contribution in [0.25, 0.3) is 11.3 Å². The third-order valence-corrected chi connectivity index (χ3v) is 3.76. The molecule has 2 heterocycles. The molecule has 0 fully saturated rings. The van der Waals surface area contributed by atoms with Crippen molar-refractivity contribution in [1.82, 2.24) is 19.2 Å². The van der Waals surface area contributed by atoms with Crippen molar-refractivity contribution >= 4 is 17.9 Å². The lowest BCUT2D eigenvalue weighted by Crippen LogP contribution is -2.25. The number of aromatic nitrogens is 4. The van der Waals surface area contributed by atoms with E-state index < -0.39 is 17.4 Å². The molecule has 0 unspecified atom stereocenters. The van der Waals surface area contributed by atoms with Crippen molar-refractivity contribution in [1.29, 1.82) is 5.26 Å². The molecule has 2 aromatic heterocycles. The van der Waals surface area contributed by atoms with Gasteiger partial charge in [-0.1, -0.05) is 6.07 Å². The average Bonchev–Trinajstić information content (AvgIpc) is 2.82. The van der Waals surface area contributed by atoms with Crippen LogP contribution in [0.1, 0.15) is 16.8 Å². The number of aromatic amines is 1. The summed E-state index contributed by atoms with van der Waals surface area (Å²) in [4.78, 5) is 14.7. The van der Waals surface area contributed by atoms with Crippen molar-refractivity contribution in [2.24, 2.45) is 0 Å². The van der Waals surface area contributed by atoms with Crippen LogP contribution in [0.5, 0.6) is 0 Å². The van der Waals surface area contributed by atoms with Crippen LogP contribution in [0.3, 0.4) is 0 Å². The topological polar surface area (TPSA) is 78.9 Å². The van der Waals surface area contributed by atoms with E-state index in [0.717, 1.165) is 21.2 Å². The van der Waals surface area contributed by atoms with Crippen LogP contribution in [-0.4, -0.2) is 19.2 Å². The Bertz CT molecular complexity index is 1120. The highest BCUT2D eigenvalue weighted by Crippen LogP contribution is 2.30. The number of alkyl halides is 3. The van der Waals surface area contributed by atoms with Gasteiger partial charge in [0.25, 0.3) is 0 Å². The van der Waals surface area contributed by atoms with Crippen molar-refractivity contribution in [3.63, 3.8) is 0 Å². The van der Waals surface area contributed by atoms with Crippen LogP contribution in [0, 0.1) is 23.0 Å². The normalized spacial score (nSPS) is 11.6. The van der Waals surface area contributed by atoms with Gasteiger partial charge in [0.1, 0.15) is 11.6 Å². The fourth-order valence-electron chi connectivity index (χ4n) is 2.30. The first-order chi connectivity index (χ1) is 11.2. The largest absolute Gasteiger partial charge is 0.416 e. The third-order valence-electron chi connectivity index (χ3n) is 3.40. The second-order valence-electron chi connectivity index (χ2n) is 4.93. The van der Waals surface area contributed by atoms with Gasteiger partial charge in [0.15, 0.2) is 5.65 Å². The Balaban J connectivity index is 2.35. The molecule has 10 heteroatoms. The lowest BCUT2D eigenvalue weighted by molar-refractivity contribution is -0.137. The fraction of sp³-hybridized carbons (Fsp3) is 0.143. The molecule has 0 aliphatic heterocycles. The molecule has 0 aliphatic carbocycles.